The third kappa shape index (κ3) is 4.45. The van der Waals surface area contributed by atoms with Gasteiger partial charge in [-0.25, -0.2) is 0 Å². The Hall–Kier alpha value is -1.06. The highest BCUT2D eigenvalue weighted by atomic mass is 16.5. The molecule has 0 amide bonds. The van der Waals surface area contributed by atoms with Gasteiger partial charge < -0.3 is 15.0 Å². The van der Waals surface area contributed by atoms with E-state index in [0.29, 0.717) is 0 Å². The molecule has 0 aromatic heterocycles. The van der Waals surface area contributed by atoms with Crippen molar-refractivity contribution in [3.63, 3.8) is 0 Å². The quantitative estimate of drug-likeness (QED) is 0.777. The number of hydrogen-bond acceptors (Lipinski definition) is 3. The van der Waals surface area contributed by atoms with Crippen molar-refractivity contribution >= 4 is 5.69 Å². The van der Waals surface area contributed by atoms with Crippen LogP contribution in [0.25, 0.3) is 0 Å². The number of nitrogens with one attached hydrogen (secondary N) is 1. The maximum absolute atomic E-state index is 5.77. The number of rotatable bonds is 7. The van der Waals surface area contributed by atoms with Crippen molar-refractivity contribution in [3.8, 4) is 0 Å². The zero-order chi connectivity index (χ0) is 15.1. The van der Waals surface area contributed by atoms with Crippen molar-refractivity contribution in [2.75, 3.05) is 31.2 Å². The summed E-state index contributed by atoms with van der Waals surface area (Å²) in [4.78, 5) is 2.49. The lowest BCUT2D eigenvalue weighted by Gasteiger charge is -2.34. The Labute approximate surface area is 129 Å². The van der Waals surface area contributed by atoms with Gasteiger partial charge >= 0.3 is 0 Å². The van der Waals surface area contributed by atoms with E-state index in [1.165, 1.54) is 17.7 Å². The van der Waals surface area contributed by atoms with Gasteiger partial charge in [0.2, 0.25) is 0 Å². The predicted molar refractivity (Wildman–Crippen MR) is 89.9 cm³/mol. The molecule has 1 unspecified atom stereocenters. The molecule has 0 aliphatic carbocycles. The Bertz CT molecular complexity index is 435. The molecule has 0 saturated heterocycles. The van der Waals surface area contributed by atoms with Gasteiger partial charge in [-0.1, -0.05) is 38.5 Å². The van der Waals surface area contributed by atoms with Gasteiger partial charge in [-0.05, 0) is 31.4 Å². The van der Waals surface area contributed by atoms with E-state index in [1.807, 2.05) is 0 Å². The second-order valence-electron chi connectivity index (χ2n) is 6.28. The minimum Gasteiger partial charge on any atom is -0.380 e. The van der Waals surface area contributed by atoms with Gasteiger partial charge in [0.05, 0.1) is 6.61 Å². The molecule has 1 N–H and O–H groups in total. The van der Waals surface area contributed by atoms with Crippen LogP contribution < -0.4 is 10.2 Å². The monoisotopic (exact) mass is 290 g/mol. The second kappa shape index (κ2) is 7.81. The summed E-state index contributed by atoms with van der Waals surface area (Å²) in [6, 6.07) is 8.74. The summed E-state index contributed by atoms with van der Waals surface area (Å²) in [6.45, 7) is 11.4. The summed E-state index contributed by atoms with van der Waals surface area (Å²) >= 11 is 0. The van der Waals surface area contributed by atoms with Crippen molar-refractivity contribution in [2.45, 2.75) is 52.1 Å². The molecule has 0 radical (unpaired) electrons. The SMILES string of the molecule is CCCCOCCN1CC(C)(CC)NCc2ccccc21. The van der Waals surface area contributed by atoms with Gasteiger partial charge in [-0.3, -0.25) is 0 Å². The minimum atomic E-state index is 0.169. The van der Waals surface area contributed by atoms with E-state index >= 15 is 0 Å². The highest BCUT2D eigenvalue weighted by Gasteiger charge is 2.28. The Balaban J connectivity index is 2.04. The molecule has 21 heavy (non-hydrogen) atoms. The fraction of sp³-hybridized carbons (Fsp3) is 0.667. The van der Waals surface area contributed by atoms with E-state index in [4.69, 9.17) is 4.74 Å². The van der Waals surface area contributed by atoms with Crippen molar-refractivity contribution in [3.05, 3.63) is 29.8 Å². The molecule has 1 aromatic rings. The summed E-state index contributed by atoms with van der Waals surface area (Å²) in [5.41, 5.74) is 2.92. The van der Waals surface area contributed by atoms with E-state index in [9.17, 15) is 0 Å². The molecule has 1 aromatic carbocycles. The largest absolute Gasteiger partial charge is 0.380 e. The molecular weight excluding hydrogens is 260 g/mol. The molecule has 0 spiro atoms. The summed E-state index contributed by atoms with van der Waals surface area (Å²) in [7, 11) is 0. The van der Waals surface area contributed by atoms with Gasteiger partial charge in [0.15, 0.2) is 0 Å². The second-order valence-corrected chi connectivity index (χ2v) is 6.28. The molecule has 1 atom stereocenters. The van der Waals surface area contributed by atoms with Crippen LogP contribution in [0, 0.1) is 0 Å². The normalized spacial score (nSPS) is 22.0. The number of unbranched alkanes of at least 4 members (excludes halogenated alkanes) is 1. The molecule has 0 saturated carbocycles. The zero-order valence-electron chi connectivity index (χ0n) is 13.8. The fourth-order valence-electron chi connectivity index (χ4n) is 2.80. The van der Waals surface area contributed by atoms with E-state index in [-0.39, 0.29) is 5.54 Å². The number of anilines is 1. The summed E-state index contributed by atoms with van der Waals surface area (Å²) < 4.78 is 5.77. The third-order valence-corrected chi connectivity index (χ3v) is 4.51. The van der Waals surface area contributed by atoms with E-state index in [2.05, 4.69) is 55.3 Å². The van der Waals surface area contributed by atoms with Crippen molar-refractivity contribution in [1.29, 1.82) is 0 Å². The molecule has 1 heterocycles. The molecule has 0 fully saturated rings. The molecule has 3 heteroatoms. The number of para-hydroxylation sites is 1. The topological polar surface area (TPSA) is 24.5 Å². The molecule has 0 bridgehead atoms. The van der Waals surface area contributed by atoms with Crippen LogP contribution in [0.15, 0.2) is 24.3 Å². The number of ether oxygens (including phenoxy) is 1. The van der Waals surface area contributed by atoms with Crippen LogP contribution >= 0.6 is 0 Å². The fourth-order valence-corrected chi connectivity index (χ4v) is 2.80. The number of fused-ring (bicyclic) bond motifs is 1. The molecule has 2 rings (SSSR count). The number of hydrogen-bond donors (Lipinski definition) is 1. The molecule has 1 aliphatic rings. The smallest absolute Gasteiger partial charge is 0.0641 e. The highest BCUT2D eigenvalue weighted by molar-refractivity contribution is 5.55. The van der Waals surface area contributed by atoms with Crippen LogP contribution in [0.3, 0.4) is 0 Å². The first-order valence-corrected chi connectivity index (χ1v) is 8.34. The average Bonchev–Trinajstić information content (AvgIpc) is 2.65. The van der Waals surface area contributed by atoms with Crippen molar-refractivity contribution in [2.24, 2.45) is 0 Å². The molecule has 118 valence electrons. The maximum atomic E-state index is 5.77. The zero-order valence-corrected chi connectivity index (χ0v) is 13.8. The summed E-state index contributed by atoms with van der Waals surface area (Å²) in [5.74, 6) is 0. The van der Waals surface area contributed by atoms with Crippen molar-refractivity contribution < 1.29 is 4.74 Å². The van der Waals surface area contributed by atoms with Gasteiger partial charge in [0.25, 0.3) is 0 Å². The van der Waals surface area contributed by atoms with Crippen LogP contribution in [0.5, 0.6) is 0 Å². The molecule has 1 aliphatic heterocycles. The van der Waals surface area contributed by atoms with Crippen LogP contribution in [0.2, 0.25) is 0 Å². The lowest BCUT2D eigenvalue weighted by molar-refractivity contribution is 0.136. The molecular formula is C18H30N2O. The maximum Gasteiger partial charge on any atom is 0.0641 e. The van der Waals surface area contributed by atoms with E-state index < -0.39 is 0 Å². The summed E-state index contributed by atoms with van der Waals surface area (Å²) in [5, 5.41) is 3.72. The first kappa shape index (κ1) is 16.3. The van der Waals surface area contributed by atoms with E-state index in [0.717, 1.165) is 45.7 Å². The molecule has 3 nitrogen and oxygen atoms in total. The van der Waals surface area contributed by atoms with Gasteiger partial charge in [-0.2, -0.15) is 0 Å². The lowest BCUT2D eigenvalue weighted by Crippen LogP contribution is -2.49. The average molecular weight is 290 g/mol. The van der Waals surface area contributed by atoms with Crippen LogP contribution in [0.1, 0.15) is 45.6 Å². The first-order valence-electron chi connectivity index (χ1n) is 8.34. The minimum absolute atomic E-state index is 0.169. The van der Waals surface area contributed by atoms with Crippen LogP contribution in [-0.4, -0.2) is 31.8 Å². The number of nitrogens with zero attached hydrogens (tertiary/aromatic N) is 1. The highest BCUT2D eigenvalue weighted by Crippen LogP contribution is 2.27. The van der Waals surface area contributed by atoms with Gasteiger partial charge in [0.1, 0.15) is 0 Å². The lowest BCUT2D eigenvalue weighted by atomic mass is 9.98. The van der Waals surface area contributed by atoms with Gasteiger partial charge in [0, 0.05) is 37.5 Å². The van der Waals surface area contributed by atoms with E-state index in [1.54, 1.807) is 0 Å². The first-order chi connectivity index (χ1) is 10.2. The van der Waals surface area contributed by atoms with Crippen LogP contribution in [0.4, 0.5) is 5.69 Å². The Morgan fingerprint density at radius 3 is 2.81 bits per heavy atom. The number of benzene rings is 1. The van der Waals surface area contributed by atoms with Gasteiger partial charge in [-0.15, -0.1) is 0 Å². The van der Waals surface area contributed by atoms with Crippen LogP contribution in [-0.2, 0) is 11.3 Å². The van der Waals surface area contributed by atoms with Crippen molar-refractivity contribution in [1.82, 2.24) is 5.32 Å². The standard InChI is InChI=1S/C18H30N2O/c1-4-6-12-21-13-11-20-15-18(3,5-2)19-14-16-9-7-8-10-17(16)20/h7-10,19H,4-6,11-15H2,1-3H3. The Morgan fingerprint density at radius 2 is 2.05 bits per heavy atom. The predicted octanol–water partition coefficient (Wildman–Crippen LogP) is 3.58. The third-order valence-electron chi connectivity index (χ3n) is 4.51. The summed E-state index contributed by atoms with van der Waals surface area (Å²) in [6.07, 6.45) is 3.49. The Morgan fingerprint density at radius 1 is 1.24 bits per heavy atom. The Kier molecular flexibility index (Phi) is 6.07.